The molecule has 0 unspecified atom stereocenters. The lowest BCUT2D eigenvalue weighted by Gasteiger charge is -2.28. The van der Waals surface area contributed by atoms with Crippen molar-refractivity contribution in [3.8, 4) is 0 Å². The standard InChI is InChI=1S/C27H33NO2/c1-19-10-20(2)13-24(12-19)26(29)17-28(16-23-8-6-5-7-9-23)18-27(30)25-14-21(3)11-22(4)15-25/h5-15,26-27,29-30H,16-18H2,1-4H3/t26-,27-/m0/s1. The lowest BCUT2D eigenvalue weighted by molar-refractivity contribution is 0.0646. The van der Waals surface area contributed by atoms with Gasteiger partial charge in [-0.1, -0.05) is 89.0 Å². The largest absolute Gasteiger partial charge is 0.387 e. The van der Waals surface area contributed by atoms with Gasteiger partial charge >= 0.3 is 0 Å². The van der Waals surface area contributed by atoms with Gasteiger partial charge in [0.05, 0.1) is 12.2 Å². The first kappa shape index (κ1) is 22.2. The van der Waals surface area contributed by atoms with E-state index < -0.39 is 12.2 Å². The van der Waals surface area contributed by atoms with Crippen LogP contribution >= 0.6 is 0 Å². The molecule has 0 saturated heterocycles. The molecule has 0 bridgehead atoms. The Morgan fingerprint density at radius 3 is 1.43 bits per heavy atom. The summed E-state index contributed by atoms with van der Waals surface area (Å²) in [6.45, 7) is 9.79. The fourth-order valence-electron chi connectivity index (χ4n) is 4.15. The lowest BCUT2D eigenvalue weighted by Crippen LogP contribution is -2.32. The number of benzene rings is 3. The maximum atomic E-state index is 11.0. The normalized spacial score (nSPS) is 13.4. The monoisotopic (exact) mass is 403 g/mol. The zero-order valence-corrected chi connectivity index (χ0v) is 18.5. The summed E-state index contributed by atoms with van der Waals surface area (Å²) in [6, 6.07) is 22.6. The molecular formula is C27H33NO2. The maximum Gasteiger partial charge on any atom is 0.0917 e. The number of aliphatic hydroxyl groups excluding tert-OH is 2. The first-order valence-corrected chi connectivity index (χ1v) is 10.6. The van der Waals surface area contributed by atoms with E-state index in [2.05, 4.69) is 56.9 Å². The van der Waals surface area contributed by atoms with Crippen molar-refractivity contribution in [2.45, 2.75) is 46.4 Å². The predicted octanol–water partition coefficient (Wildman–Crippen LogP) is 5.19. The molecule has 0 aromatic heterocycles. The Kier molecular flexibility index (Phi) is 7.43. The van der Waals surface area contributed by atoms with Crippen molar-refractivity contribution in [1.29, 1.82) is 0 Å². The smallest absolute Gasteiger partial charge is 0.0917 e. The molecule has 0 spiro atoms. The van der Waals surface area contributed by atoms with Crippen LogP contribution in [0.25, 0.3) is 0 Å². The highest BCUT2D eigenvalue weighted by molar-refractivity contribution is 5.31. The van der Waals surface area contributed by atoms with Crippen LogP contribution in [0.1, 0.15) is 51.2 Å². The maximum absolute atomic E-state index is 11.0. The Labute approximate surface area is 180 Å². The number of aryl methyl sites for hydroxylation is 4. The van der Waals surface area contributed by atoms with Crippen LogP contribution in [-0.2, 0) is 6.54 Å². The SMILES string of the molecule is Cc1cc(C)cc([C@@H](O)CN(Cc2ccccc2)C[C@H](O)c2cc(C)cc(C)c2)c1. The highest BCUT2D eigenvalue weighted by Crippen LogP contribution is 2.23. The van der Waals surface area contributed by atoms with E-state index in [-0.39, 0.29) is 0 Å². The molecule has 0 aliphatic carbocycles. The summed E-state index contributed by atoms with van der Waals surface area (Å²) in [7, 11) is 0. The Morgan fingerprint density at radius 2 is 1.03 bits per heavy atom. The average molecular weight is 404 g/mol. The number of nitrogens with zero attached hydrogens (tertiary/aromatic N) is 1. The fourth-order valence-corrected chi connectivity index (χ4v) is 4.15. The second-order valence-corrected chi connectivity index (χ2v) is 8.55. The van der Waals surface area contributed by atoms with Gasteiger partial charge < -0.3 is 10.2 Å². The van der Waals surface area contributed by atoms with Crippen LogP contribution in [0.5, 0.6) is 0 Å². The quantitative estimate of drug-likeness (QED) is 0.544. The first-order chi connectivity index (χ1) is 14.3. The molecule has 0 saturated carbocycles. The summed E-state index contributed by atoms with van der Waals surface area (Å²) >= 11 is 0. The number of hydrogen-bond donors (Lipinski definition) is 2. The number of aliphatic hydroxyl groups is 2. The Morgan fingerprint density at radius 1 is 0.633 bits per heavy atom. The van der Waals surface area contributed by atoms with Gasteiger partial charge in [-0.25, -0.2) is 0 Å². The Balaban J connectivity index is 1.80. The van der Waals surface area contributed by atoms with Gasteiger partial charge in [-0.15, -0.1) is 0 Å². The minimum Gasteiger partial charge on any atom is -0.387 e. The molecule has 3 aromatic carbocycles. The van der Waals surface area contributed by atoms with Crippen molar-refractivity contribution in [2.24, 2.45) is 0 Å². The number of hydrogen-bond acceptors (Lipinski definition) is 3. The molecule has 0 fully saturated rings. The summed E-state index contributed by atoms with van der Waals surface area (Å²) in [5.41, 5.74) is 7.60. The highest BCUT2D eigenvalue weighted by atomic mass is 16.3. The molecule has 0 radical (unpaired) electrons. The van der Waals surface area contributed by atoms with Crippen LogP contribution in [-0.4, -0.2) is 28.2 Å². The summed E-state index contributed by atoms with van der Waals surface area (Å²) in [5.74, 6) is 0. The third-order valence-electron chi connectivity index (χ3n) is 5.37. The molecule has 3 heteroatoms. The molecule has 2 N–H and O–H groups in total. The van der Waals surface area contributed by atoms with Crippen LogP contribution in [0.2, 0.25) is 0 Å². The summed E-state index contributed by atoms with van der Waals surface area (Å²) in [4.78, 5) is 2.14. The summed E-state index contributed by atoms with van der Waals surface area (Å²) in [5, 5.41) is 21.9. The van der Waals surface area contributed by atoms with E-state index in [0.717, 1.165) is 38.9 Å². The second-order valence-electron chi connectivity index (χ2n) is 8.55. The van der Waals surface area contributed by atoms with Crippen molar-refractivity contribution in [3.63, 3.8) is 0 Å². The van der Waals surface area contributed by atoms with Crippen LogP contribution < -0.4 is 0 Å². The van der Waals surface area contributed by atoms with Crippen LogP contribution in [0.3, 0.4) is 0 Å². The van der Waals surface area contributed by atoms with Gasteiger partial charge in [-0.05, 0) is 44.4 Å². The second kappa shape index (κ2) is 10.0. The van der Waals surface area contributed by atoms with Crippen LogP contribution in [0.4, 0.5) is 0 Å². The fraction of sp³-hybridized carbons (Fsp3) is 0.333. The molecule has 2 atom stereocenters. The van der Waals surface area contributed by atoms with Gasteiger partial charge in [0.2, 0.25) is 0 Å². The molecular weight excluding hydrogens is 370 g/mol. The third kappa shape index (κ3) is 6.27. The molecule has 3 rings (SSSR count). The van der Waals surface area contributed by atoms with Gasteiger partial charge in [-0.2, -0.15) is 0 Å². The lowest BCUT2D eigenvalue weighted by atomic mass is 10.0. The zero-order chi connectivity index (χ0) is 21.7. The Hall–Kier alpha value is -2.46. The first-order valence-electron chi connectivity index (χ1n) is 10.6. The van der Waals surface area contributed by atoms with E-state index in [1.807, 2.05) is 42.5 Å². The minimum atomic E-state index is -0.612. The van der Waals surface area contributed by atoms with Crippen molar-refractivity contribution >= 4 is 0 Å². The van der Waals surface area contributed by atoms with Crippen molar-refractivity contribution in [1.82, 2.24) is 4.90 Å². The molecule has 0 aliphatic rings. The molecule has 158 valence electrons. The predicted molar refractivity (Wildman–Crippen MR) is 123 cm³/mol. The van der Waals surface area contributed by atoms with E-state index in [4.69, 9.17) is 0 Å². The third-order valence-corrected chi connectivity index (χ3v) is 5.37. The van der Waals surface area contributed by atoms with Gasteiger partial charge in [0.15, 0.2) is 0 Å². The topological polar surface area (TPSA) is 43.7 Å². The molecule has 3 aromatic rings. The van der Waals surface area contributed by atoms with Crippen LogP contribution in [0, 0.1) is 27.7 Å². The molecule has 30 heavy (non-hydrogen) atoms. The Bertz CT molecular complexity index is 868. The van der Waals surface area contributed by atoms with Gasteiger partial charge in [0.1, 0.15) is 0 Å². The number of rotatable bonds is 8. The molecule has 0 amide bonds. The highest BCUT2D eigenvalue weighted by Gasteiger charge is 2.19. The van der Waals surface area contributed by atoms with Crippen molar-refractivity contribution in [3.05, 3.63) is 106 Å². The van der Waals surface area contributed by atoms with Gasteiger partial charge in [0.25, 0.3) is 0 Å². The van der Waals surface area contributed by atoms with E-state index in [1.54, 1.807) is 0 Å². The molecule has 3 nitrogen and oxygen atoms in total. The minimum absolute atomic E-state index is 0.458. The van der Waals surface area contributed by atoms with Gasteiger partial charge in [0, 0.05) is 19.6 Å². The molecule has 0 aliphatic heterocycles. The average Bonchev–Trinajstić information content (AvgIpc) is 2.67. The zero-order valence-electron chi connectivity index (χ0n) is 18.5. The van der Waals surface area contributed by atoms with Crippen LogP contribution in [0.15, 0.2) is 66.7 Å². The van der Waals surface area contributed by atoms with Gasteiger partial charge in [-0.3, -0.25) is 4.90 Å². The summed E-state index contributed by atoms with van der Waals surface area (Å²) in [6.07, 6.45) is -1.22. The molecule has 0 heterocycles. The van der Waals surface area contributed by atoms with E-state index in [1.165, 1.54) is 0 Å². The van der Waals surface area contributed by atoms with E-state index in [0.29, 0.717) is 19.6 Å². The van der Waals surface area contributed by atoms with E-state index in [9.17, 15) is 10.2 Å². The van der Waals surface area contributed by atoms with Crippen molar-refractivity contribution in [2.75, 3.05) is 13.1 Å². The van der Waals surface area contributed by atoms with E-state index >= 15 is 0 Å². The summed E-state index contributed by atoms with van der Waals surface area (Å²) < 4.78 is 0. The van der Waals surface area contributed by atoms with Crippen molar-refractivity contribution < 1.29 is 10.2 Å².